The molecular formula is C34H34Cl2N4O6S. The zero-order valence-corrected chi connectivity index (χ0v) is 28.3. The highest BCUT2D eigenvalue weighted by molar-refractivity contribution is 7.92. The van der Waals surface area contributed by atoms with Crippen molar-refractivity contribution >= 4 is 56.4 Å². The molecule has 4 rings (SSSR count). The standard InChI is InChI=1S/C34H34Cl2N4O6S/c1-34(2,3)37-33(42)31(20-24-12-6-4-7-13-24)38(22-28-29(35)18-11-19-30(28)36)32(41)23-39(25-14-10-15-26(21-25)40(43)44)47(45,46)27-16-8-5-9-17-27/h4-19,21,31H,20,22-23H2,1-3H3,(H,37,42)/t31-/m1/s1. The van der Waals surface area contributed by atoms with Gasteiger partial charge in [0, 0.05) is 46.2 Å². The van der Waals surface area contributed by atoms with Crippen molar-refractivity contribution in [2.75, 3.05) is 10.8 Å². The Kier molecular flexibility index (Phi) is 11.3. The number of sulfonamides is 1. The lowest BCUT2D eigenvalue weighted by molar-refractivity contribution is -0.384. The highest BCUT2D eigenvalue weighted by atomic mass is 35.5. The molecule has 1 N–H and O–H groups in total. The summed E-state index contributed by atoms with van der Waals surface area (Å²) in [6, 6.07) is 25.2. The molecule has 0 aromatic heterocycles. The third-order valence-electron chi connectivity index (χ3n) is 7.10. The summed E-state index contributed by atoms with van der Waals surface area (Å²) in [5, 5.41) is 15.1. The third-order valence-corrected chi connectivity index (χ3v) is 9.59. The summed E-state index contributed by atoms with van der Waals surface area (Å²) >= 11 is 13.1. The number of amides is 2. The summed E-state index contributed by atoms with van der Waals surface area (Å²) < 4.78 is 29.0. The van der Waals surface area contributed by atoms with Gasteiger partial charge in [-0.25, -0.2) is 8.42 Å². The third kappa shape index (κ3) is 9.09. The molecule has 246 valence electrons. The monoisotopic (exact) mass is 696 g/mol. The van der Waals surface area contributed by atoms with Crippen LogP contribution in [-0.2, 0) is 32.6 Å². The van der Waals surface area contributed by atoms with Crippen LogP contribution in [0.5, 0.6) is 0 Å². The largest absolute Gasteiger partial charge is 0.350 e. The molecular weight excluding hydrogens is 663 g/mol. The Morgan fingerprint density at radius 1 is 0.872 bits per heavy atom. The molecule has 0 spiro atoms. The van der Waals surface area contributed by atoms with E-state index < -0.39 is 44.9 Å². The number of nitrogens with zero attached hydrogens (tertiary/aromatic N) is 3. The Balaban J connectivity index is 1.87. The summed E-state index contributed by atoms with van der Waals surface area (Å²) in [7, 11) is -4.44. The minimum Gasteiger partial charge on any atom is -0.350 e. The number of hydrogen-bond acceptors (Lipinski definition) is 6. The molecule has 0 radical (unpaired) electrons. The minimum absolute atomic E-state index is 0.0822. The van der Waals surface area contributed by atoms with Crippen LogP contribution in [0.4, 0.5) is 11.4 Å². The van der Waals surface area contributed by atoms with Crippen LogP contribution in [-0.4, -0.2) is 48.2 Å². The minimum atomic E-state index is -4.44. The second-order valence-electron chi connectivity index (χ2n) is 11.8. The molecule has 0 fully saturated rings. The van der Waals surface area contributed by atoms with E-state index in [0.29, 0.717) is 5.56 Å². The highest BCUT2D eigenvalue weighted by Crippen LogP contribution is 2.30. The second-order valence-corrected chi connectivity index (χ2v) is 14.4. The number of non-ortho nitro benzene ring substituents is 1. The van der Waals surface area contributed by atoms with Crippen molar-refractivity contribution in [2.45, 2.75) is 50.2 Å². The molecule has 0 unspecified atom stereocenters. The Bertz CT molecular complexity index is 1830. The topological polar surface area (TPSA) is 130 Å². The van der Waals surface area contributed by atoms with Gasteiger partial charge in [0.1, 0.15) is 12.6 Å². The van der Waals surface area contributed by atoms with Crippen molar-refractivity contribution in [3.8, 4) is 0 Å². The van der Waals surface area contributed by atoms with Crippen molar-refractivity contribution in [1.82, 2.24) is 10.2 Å². The number of carbonyl (C=O) groups excluding carboxylic acids is 2. The van der Waals surface area contributed by atoms with E-state index in [-0.39, 0.29) is 39.3 Å². The van der Waals surface area contributed by atoms with Gasteiger partial charge in [-0.1, -0.05) is 83.9 Å². The van der Waals surface area contributed by atoms with Crippen molar-refractivity contribution in [3.63, 3.8) is 0 Å². The molecule has 0 aliphatic carbocycles. The lowest BCUT2D eigenvalue weighted by atomic mass is 10.0. The molecule has 0 aliphatic rings. The summed E-state index contributed by atoms with van der Waals surface area (Å²) in [6.07, 6.45) is 0.0822. The maximum atomic E-state index is 14.6. The molecule has 0 saturated carbocycles. The van der Waals surface area contributed by atoms with Gasteiger partial charge in [-0.05, 0) is 56.7 Å². The molecule has 0 bridgehead atoms. The van der Waals surface area contributed by atoms with Gasteiger partial charge in [-0.3, -0.25) is 24.0 Å². The molecule has 0 saturated heterocycles. The summed E-state index contributed by atoms with van der Waals surface area (Å²) in [6.45, 7) is 4.38. The maximum Gasteiger partial charge on any atom is 0.271 e. The first-order chi connectivity index (χ1) is 22.2. The number of nitro groups is 1. The van der Waals surface area contributed by atoms with E-state index in [9.17, 15) is 28.1 Å². The fraction of sp³-hybridized carbons (Fsp3) is 0.235. The Morgan fingerprint density at radius 2 is 1.45 bits per heavy atom. The second kappa shape index (κ2) is 15.0. The first-order valence-corrected chi connectivity index (χ1v) is 16.8. The predicted molar refractivity (Wildman–Crippen MR) is 183 cm³/mol. The van der Waals surface area contributed by atoms with Gasteiger partial charge in [0.25, 0.3) is 15.7 Å². The van der Waals surface area contributed by atoms with Crippen LogP contribution in [0.3, 0.4) is 0 Å². The van der Waals surface area contributed by atoms with Gasteiger partial charge in [0.05, 0.1) is 15.5 Å². The molecule has 0 aliphatic heterocycles. The Morgan fingerprint density at radius 3 is 2.02 bits per heavy atom. The number of nitro benzene ring substituents is 1. The van der Waals surface area contributed by atoms with E-state index in [1.54, 1.807) is 45.0 Å². The average Bonchev–Trinajstić information content (AvgIpc) is 3.02. The van der Waals surface area contributed by atoms with Crippen LogP contribution < -0.4 is 9.62 Å². The number of rotatable bonds is 12. The lowest BCUT2D eigenvalue weighted by Crippen LogP contribution is -2.56. The van der Waals surface area contributed by atoms with E-state index in [1.165, 1.54) is 47.4 Å². The van der Waals surface area contributed by atoms with Crippen LogP contribution in [0.15, 0.2) is 108 Å². The van der Waals surface area contributed by atoms with Crippen molar-refractivity contribution in [3.05, 3.63) is 134 Å². The molecule has 1 atom stereocenters. The van der Waals surface area contributed by atoms with Gasteiger partial charge in [0.2, 0.25) is 11.8 Å². The van der Waals surface area contributed by atoms with Crippen LogP contribution in [0.2, 0.25) is 10.0 Å². The van der Waals surface area contributed by atoms with Crippen LogP contribution >= 0.6 is 23.2 Å². The number of nitrogens with one attached hydrogen (secondary N) is 1. The lowest BCUT2D eigenvalue weighted by Gasteiger charge is -2.35. The van der Waals surface area contributed by atoms with Crippen molar-refractivity contribution < 1.29 is 22.9 Å². The van der Waals surface area contributed by atoms with Crippen LogP contribution in [0, 0.1) is 10.1 Å². The van der Waals surface area contributed by atoms with Crippen molar-refractivity contribution in [1.29, 1.82) is 0 Å². The fourth-order valence-corrected chi connectivity index (χ4v) is 6.81. The maximum absolute atomic E-state index is 14.6. The first-order valence-electron chi connectivity index (χ1n) is 14.6. The zero-order valence-electron chi connectivity index (χ0n) is 26.0. The van der Waals surface area contributed by atoms with Crippen molar-refractivity contribution in [2.24, 2.45) is 0 Å². The molecule has 47 heavy (non-hydrogen) atoms. The summed E-state index contributed by atoms with van der Waals surface area (Å²) in [5.74, 6) is -1.25. The van der Waals surface area contributed by atoms with Gasteiger partial charge in [0.15, 0.2) is 0 Å². The van der Waals surface area contributed by atoms with E-state index in [1.807, 2.05) is 30.3 Å². The first kappa shape index (κ1) is 35.4. The Hall–Kier alpha value is -4.45. The van der Waals surface area contributed by atoms with Crippen LogP contribution in [0.25, 0.3) is 0 Å². The molecule has 10 nitrogen and oxygen atoms in total. The quantitative estimate of drug-likeness (QED) is 0.130. The van der Waals surface area contributed by atoms with Gasteiger partial charge >= 0.3 is 0 Å². The van der Waals surface area contributed by atoms with E-state index in [4.69, 9.17) is 23.2 Å². The van der Waals surface area contributed by atoms with Gasteiger partial charge in [-0.2, -0.15) is 0 Å². The van der Waals surface area contributed by atoms with E-state index >= 15 is 0 Å². The smallest absolute Gasteiger partial charge is 0.271 e. The molecule has 13 heteroatoms. The number of carbonyl (C=O) groups is 2. The van der Waals surface area contributed by atoms with Gasteiger partial charge < -0.3 is 10.2 Å². The van der Waals surface area contributed by atoms with E-state index in [2.05, 4.69) is 5.32 Å². The molecule has 4 aromatic rings. The Labute approximate surface area is 284 Å². The van der Waals surface area contributed by atoms with Gasteiger partial charge in [-0.15, -0.1) is 0 Å². The molecule has 4 aromatic carbocycles. The molecule has 2 amide bonds. The number of benzene rings is 4. The average molecular weight is 698 g/mol. The normalized spacial score (nSPS) is 12.2. The zero-order chi connectivity index (χ0) is 34.4. The summed E-state index contributed by atoms with van der Waals surface area (Å²) in [5.41, 5.74) is -0.0370. The fourth-order valence-electron chi connectivity index (χ4n) is 4.87. The number of halogens is 2. The predicted octanol–water partition coefficient (Wildman–Crippen LogP) is 6.65. The number of hydrogen-bond donors (Lipinski definition) is 1. The van der Waals surface area contributed by atoms with Crippen LogP contribution in [0.1, 0.15) is 31.9 Å². The summed E-state index contributed by atoms with van der Waals surface area (Å²) in [4.78, 5) is 40.7. The number of anilines is 1. The highest BCUT2D eigenvalue weighted by Gasteiger charge is 2.36. The SMILES string of the molecule is CC(C)(C)NC(=O)[C@@H](Cc1ccccc1)N(Cc1c(Cl)cccc1Cl)C(=O)CN(c1cccc([N+](=O)[O-])c1)S(=O)(=O)c1ccccc1. The van der Waals surface area contributed by atoms with E-state index in [0.717, 1.165) is 15.9 Å². The molecule has 0 heterocycles.